The van der Waals surface area contributed by atoms with Crippen molar-refractivity contribution in [2.45, 2.75) is 25.9 Å². The summed E-state index contributed by atoms with van der Waals surface area (Å²) in [6, 6.07) is 7.34. The second-order valence-electron chi connectivity index (χ2n) is 5.14. The summed E-state index contributed by atoms with van der Waals surface area (Å²) in [5, 5.41) is 8.73. The summed E-state index contributed by atoms with van der Waals surface area (Å²) in [6.45, 7) is 4.10. The molecular weight excluding hydrogens is 266 g/mol. The first-order valence-corrected chi connectivity index (χ1v) is 7.31. The van der Waals surface area contributed by atoms with Crippen LogP contribution in [0.2, 0.25) is 0 Å². The van der Waals surface area contributed by atoms with E-state index in [0.29, 0.717) is 25.1 Å². The molecule has 1 aromatic rings. The molecule has 4 nitrogen and oxygen atoms in total. The van der Waals surface area contributed by atoms with E-state index < -0.39 is 0 Å². The van der Waals surface area contributed by atoms with Crippen molar-refractivity contribution < 1.29 is 14.6 Å². The Morgan fingerprint density at radius 1 is 1.52 bits per heavy atom. The zero-order valence-electron chi connectivity index (χ0n) is 12.3. The van der Waals surface area contributed by atoms with Crippen LogP contribution in [0, 0.1) is 11.8 Å². The molecule has 1 unspecified atom stereocenters. The van der Waals surface area contributed by atoms with Gasteiger partial charge in [-0.3, -0.25) is 4.79 Å². The second kappa shape index (κ2) is 7.82. The number of nitrogens with zero attached hydrogens (tertiary/aromatic N) is 1. The van der Waals surface area contributed by atoms with Crippen molar-refractivity contribution in [2.75, 3.05) is 26.3 Å². The summed E-state index contributed by atoms with van der Waals surface area (Å²) in [4.78, 5) is 14.4. The number of ether oxygens (including phenoxy) is 1. The van der Waals surface area contributed by atoms with E-state index in [0.717, 1.165) is 18.5 Å². The lowest BCUT2D eigenvalue weighted by molar-refractivity contribution is 0.0562. The van der Waals surface area contributed by atoms with E-state index in [1.807, 2.05) is 36.1 Å². The number of carbonyl (C=O) groups excluding carboxylic acids is 1. The summed E-state index contributed by atoms with van der Waals surface area (Å²) in [5.74, 6) is 5.85. The van der Waals surface area contributed by atoms with Crippen LogP contribution in [0.5, 0.6) is 0 Å². The molecule has 1 atom stereocenters. The molecule has 0 bridgehead atoms. The SMILES string of the molecule is CC1CN(C(=O)c2cccc(C#CCCO)c2)CCCO1. The third kappa shape index (κ3) is 4.59. The normalized spacial score (nSPS) is 18.6. The highest BCUT2D eigenvalue weighted by Crippen LogP contribution is 2.12. The van der Waals surface area contributed by atoms with E-state index in [2.05, 4.69) is 11.8 Å². The van der Waals surface area contributed by atoms with Crippen LogP contribution in [0.1, 0.15) is 35.7 Å². The van der Waals surface area contributed by atoms with Crippen molar-refractivity contribution in [2.24, 2.45) is 0 Å². The van der Waals surface area contributed by atoms with Gasteiger partial charge in [-0.2, -0.15) is 0 Å². The van der Waals surface area contributed by atoms with Crippen LogP contribution in [0.3, 0.4) is 0 Å². The van der Waals surface area contributed by atoms with Crippen molar-refractivity contribution in [3.63, 3.8) is 0 Å². The molecule has 21 heavy (non-hydrogen) atoms. The Balaban J connectivity index is 2.11. The van der Waals surface area contributed by atoms with Crippen LogP contribution in [0.25, 0.3) is 0 Å². The van der Waals surface area contributed by atoms with E-state index in [1.165, 1.54) is 0 Å². The number of aliphatic hydroxyl groups excluding tert-OH is 1. The summed E-state index contributed by atoms with van der Waals surface area (Å²) in [7, 11) is 0. The fraction of sp³-hybridized carbons (Fsp3) is 0.471. The lowest BCUT2D eigenvalue weighted by atomic mass is 10.1. The molecule has 1 saturated heterocycles. The summed E-state index contributed by atoms with van der Waals surface area (Å²) in [6.07, 6.45) is 1.38. The van der Waals surface area contributed by atoms with Gasteiger partial charge in [-0.05, 0) is 31.5 Å². The van der Waals surface area contributed by atoms with Crippen molar-refractivity contribution in [3.05, 3.63) is 35.4 Å². The van der Waals surface area contributed by atoms with E-state index in [4.69, 9.17) is 9.84 Å². The lowest BCUT2D eigenvalue weighted by Gasteiger charge is -2.22. The Hall–Kier alpha value is -1.83. The lowest BCUT2D eigenvalue weighted by Crippen LogP contribution is -2.35. The van der Waals surface area contributed by atoms with E-state index in [9.17, 15) is 4.79 Å². The summed E-state index contributed by atoms with van der Waals surface area (Å²) in [5.41, 5.74) is 1.45. The molecule has 2 rings (SSSR count). The van der Waals surface area contributed by atoms with Crippen LogP contribution >= 0.6 is 0 Å². The molecule has 0 spiro atoms. The predicted octanol–water partition coefficient (Wildman–Crippen LogP) is 1.67. The van der Waals surface area contributed by atoms with Gasteiger partial charge in [0.15, 0.2) is 0 Å². The number of hydrogen-bond acceptors (Lipinski definition) is 3. The fourth-order valence-electron chi connectivity index (χ4n) is 2.31. The Bertz CT molecular complexity index is 544. The third-order valence-corrected chi connectivity index (χ3v) is 3.32. The number of amides is 1. The fourth-order valence-corrected chi connectivity index (χ4v) is 2.31. The molecule has 1 heterocycles. The van der Waals surface area contributed by atoms with Gasteiger partial charge in [-0.15, -0.1) is 0 Å². The van der Waals surface area contributed by atoms with E-state index >= 15 is 0 Å². The Morgan fingerprint density at radius 2 is 2.38 bits per heavy atom. The molecule has 4 heteroatoms. The summed E-state index contributed by atoms with van der Waals surface area (Å²) < 4.78 is 5.57. The van der Waals surface area contributed by atoms with E-state index in [-0.39, 0.29) is 18.6 Å². The number of aliphatic hydroxyl groups is 1. The van der Waals surface area contributed by atoms with Gasteiger partial charge in [0.25, 0.3) is 5.91 Å². The van der Waals surface area contributed by atoms with Crippen LogP contribution < -0.4 is 0 Å². The van der Waals surface area contributed by atoms with Crippen LogP contribution in [-0.4, -0.2) is 48.3 Å². The van der Waals surface area contributed by atoms with Crippen molar-refractivity contribution >= 4 is 5.91 Å². The minimum atomic E-state index is 0.0261. The maximum atomic E-state index is 12.6. The van der Waals surface area contributed by atoms with Gasteiger partial charge >= 0.3 is 0 Å². The number of hydrogen-bond donors (Lipinski definition) is 1. The van der Waals surface area contributed by atoms with Crippen molar-refractivity contribution in [1.82, 2.24) is 4.90 Å². The molecule has 1 aliphatic heterocycles. The van der Waals surface area contributed by atoms with Crippen molar-refractivity contribution in [3.8, 4) is 11.8 Å². The highest BCUT2D eigenvalue weighted by Gasteiger charge is 2.20. The molecule has 1 N–H and O–H groups in total. The third-order valence-electron chi connectivity index (χ3n) is 3.32. The molecule has 0 aromatic heterocycles. The zero-order valence-corrected chi connectivity index (χ0v) is 12.3. The second-order valence-corrected chi connectivity index (χ2v) is 5.14. The highest BCUT2D eigenvalue weighted by molar-refractivity contribution is 5.94. The molecule has 1 aromatic carbocycles. The first kappa shape index (κ1) is 15.6. The molecule has 0 radical (unpaired) electrons. The van der Waals surface area contributed by atoms with Crippen LogP contribution in [0.4, 0.5) is 0 Å². The number of benzene rings is 1. The quantitative estimate of drug-likeness (QED) is 0.842. The minimum absolute atomic E-state index is 0.0261. The first-order valence-electron chi connectivity index (χ1n) is 7.31. The zero-order chi connectivity index (χ0) is 15.1. The Labute approximate surface area is 125 Å². The molecule has 0 aliphatic carbocycles. The maximum absolute atomic E-state index is 12.6. The summed E-state index contributed by atoms with van der Waals surface area (Å²) >= 11 is 0. The molecule has 0 saturated carbocycles. The number of rotatable bonds is 2. The van der Waals surface area contributed by atoms with Gasteiger partial charge in [-0.25, -0.2) is 0 Å². The van der Waals surface area contributed by atoms with Gasteiger partial charge in [0.1, 0.15) is 0 Å². The first-order chi connectivity index (χ1) is 10.2. The molecule has 1 amide bonds. The average molecular weight is 287 g/mol. The highest BCUT2D eigenvalue weighted by atomic mass is 16.5. The predicted molar refractivity (Wildman–Crippen MR) is 81.0 cm³/mol. The minimum Gasteiger partial charge on any atom is -0.395 e. The van der Waals surface area contributed by atoms with Gasteiger partial charge in [0, 0.05) is 37.2 Å². The smallest absolute Gasteiger partial charge is 0.253 e. The van der Waals surface area contributed by atoms with Crippen LogP contribution in [0.15, 0.2) is 24.3 Å². The maximum Gasteiger partial charge on any atom is 0.253 e. The monoisotopic (exact) mass is 287 g/mol. The van der Waals surface area contributed by atoms with Crippen molar-refractivity contribution in [1.29, 1.82) is 0 Å². The van der Waals surface area contributed by atoms with Gasteiger partial charge in [0.2, 0.25) is 0 Å². The Kier molecular flexibility index (Phi) is 5.79. The van der Waals surface area contributed by atoms with Crippen LogP contribution in [-0.2, 0) is 4.74 Å². The standard InChI is InChI=1S/C17H21NO3/c1-14-13-18(9-5-11-21-14)17(20)16-8-4-7-15(12-16)6-2-3-10-19/h4,7-8,12,14,19H,3,5,9-11,13H2,1H3. The average Bonchev–Trinajstić information content (AvgIpc) is 2.72. The molecular formula is C17H21NO3. The Morgan fingerprint density at radius 3 is 3.19 bits per heavy atom. The van der Waals surface area contributed by atoms with Gasteiger partial charge in [-0.1, -0.05) is 17.9 Å². The molecule has 1 fully saturated rings. The number of carbonyl (C=O) groups is 1. The van der Waals surface area contributed by atoms with Gasteiger partial charge < -0.3 is 14.7 Å². The molecule has 112 valence electrons. The molecule has 1 aliphatic rings. The van der Waals surface area contributed by atoms with E-state index in [1.54, 1.807) is 0 Å². The topological polar surface area (TPSA) is 49.8 Å². The van der Waals surface area contributed by atoms with Gasteiger partial charge in [0.05, 0.1) is 12.7 Å². The largest absolute Gasteiger partial charge is 0.395 e.